The van der Waals surface area contributed by atoms with Gasteiger partial charge in [-0.1, -0.05) is 0 Å². The molecule has 2 aromatic carbocycles. The molecule has 9 heteroatoms. The number of carbonyl (C=O) groups excluding carboxylic acids is 2. The molecule has 0 aliphatic rings. The number of rotatable bonds is 8. The normalized spacial score (nSPS) is 10.2. The zero-order valence-corrected chi connectivity index (χ0v) is 17.6. The molecule has 3 rings (SSSR count). The Morgan fingerprint density at radius 1 is 1.00 bits per heavy atom. The van der Waals surface area contributed by atoms with Crippen LogP contribution in [-0.2, 0) is 16.0 Å². The lowest BCUT2D eigenvalue weighted by molar-refractivity contribution is -0.116. The van der Waals surface area contributed by atoms with Gasteiger partial charge < -0.3 is 25.4 Å². The lowest BCUT2D eigenvalue weighted by Gasteiger charge is -2.10. The third kappa shape index (κ3) is 5.71. The van der Waals surface area contributed by atoms with Gasteiger partial charge in [-0.15, -0.1) is 11.3 Å². The Hall–Kier alpha value is -3.59. The molecule has 0 saturated carbocycles. The third-order valence-electron chi connectivity index (χ3n) is 4.03. The van der Waals surface area contributed by atoms with Crippen molar-refractivity contribution in [2.75, 3.05) is 30.2 Å². The Kier molecular flexibility index (Phi) is 6.87. The number of carbonyl (C=O) groups is 2. The highest BCUT2D eigenvalue weighted by Crippen LogP contribution is 2.32. The first-order valence-corrected chi connectivity index (χ1v) is 9.95. The SMILES string of the molecule is COc1ccc(OC)c(Nc2nc(CC(=O)Nc3ccc(NC(C)=O)cc3)cs2)c1. The maximum atomic E-state index is 12.3. The van der Waals surface area contributed by atoms with E-state index in [1.165, 1.54) is 18.3 Å². The zero-order valence-electron chi connectivity index (χ0n) is 16.8. The molecular weight excluding hydrogens is 404 g/mol. The van der Waals surface area contributed by atoms with Crippen LogP contribution in [0.15, 0.2) is 47.8 Å². The number of amides is 2. The third-order valence-corrected chi connectivity index (χ3v) is 4.84. The molecule has 30 heavy (non-hydrogen) atoms. The summed E-state index contributed by atoms with van der Waals surface area (Å²) in [4.78, 5) is 27.8. The molecule has 156 valence electrons. The Morgan fingerprint density at radius 3 is 2.33 bits per heavy atom. The average Bonchev–Trinajstić information content (AvgIpc) is 3.15. The first kappa shape index (κ1) is 21.1. The summed E-state index contributed by atoms with van der Waals surface area (Å²) in [6.07, 6.45) is 0.140. The fourth-order valence-electron chi connectivity index (χ4n) is 2.68. The van der Waals surface area contributed by atoms with Gasteiger partial charge in [0.2, 0.25) is 11.8 Å². The van der Waals surface area contributed by atoms with E-state index < -0.39 is 0 Å². The fraction of sp³-hybridized carbons (Fsp3) is 0.190. The van der Waals surface area contributed by atoms with Crippen LogP contribution >= 0.6 is 11.3 Å². The fourth-order valence-corrected chi connectivity index (χ4v) is 3.40. The highest BCUT2D eigenvalue weighted by molar-refractivity contribution is 7.13. The average molecular weight is 426 g/mol. The lowest BCUT2D eigenvalue weighted by Crippen LogP contribution is -2.14. The van der Waals surface area contributed by atoms with Gasteiger partial charge in [0.15, 0.2) is 5.13 Å². The van der Waals surface area contributed by atoms with Crippen LogP contribution in [0.4, 0.5) is 22.2 Å². The Labute approximate surface area is 178 Å². The summed E-state index contributed by atoms with van der Waals surface area (Å²) in [5.74, 6) is 1.02. The van der Waals surface area contributed by atoms with Crippen molar-refractivity contribution in [2.45, 2.75) is 13.3 Å². The molecule has 0 atom stereocenters. The van der Waals surface area contributed by atoms with Gasteiger partial charge in [0, 0.05) is 29.7 Å². The maximum absolute atomic E-state index is 12.3. The van der Waals surface area contributed by atoms with Gasteiger partial charge in [0.05, 0.1) is 32.0 Å². The number of anilines is 4. The molecule has 0 radical (unpaired) electrons. The summed E-state index contributed by atoms with van der Waals surface area (Å²) in [7, 11) is 3.19. The van der Waals surface area contributed by atoms with Crippen molar-refractivity contribution >= 4 is 45.3 Å². The monoisotopic (exact) mass is 426 g/mol. The number of nitrogens with zero attached hydrogens (tertiary/aromatic N) is 1. The van der Waals surface area contributed by atoms with Crippen LogP contribution < -0.4 is 25.4 Å². The molecule has 0 unspecified atom stereocenters. The van der Waals surface area contributed by atoms with E-state index in [0.717, 1.165) is 5.69 Å². The topological polar surface area (TPSA) is 102 Å². The van der Waals surface area contributed by atoms with E-state index in [1.807, 2.05) is 17.5 Å². The molecule has 3 aromatic rings. The first-order valence-electron chi connectivity index (χ1n) is 9.08. The first-order chi connectivity index (χ1) is 14.5. The number of hydrogen-bond acceptors (Lipinski definition) is 7. The summed E-state index contributed by atoms with van der Waals surface area (Å²) in [6.45, 7) is 1.44. The van der Waals surface area contributed by atoms with Gasteiger partial charge in [0.1, 0.15) is 11.5 Å². The maximum Gasteiger partial charge on any atom is 0.230 e. The quantitative estimate of drug-likeness (QED) is 0.502. The minimum absolute atomic E-state index is 0.140. The predicted octanol–water partition coefficient (Wildman–Crippen LogP) is 4.04. The zero-order chi connectivity index (χ0) is 21.5. The van der Waals surface area contributed by atoms with Crippen LogP contribution in [0.2, 0.25) is 0 Å². The summed E-state index contributed by atoms with van der Waals surface area (Å²) in [5.41, 5.74) is 2.69. The predicted molar refractivity (Wildman–Crippen MR) is 118 cm³/mol. The van der Waals surface area contributed by atoms with Gasteiger partial charge in [-0.25, -0.2) is 4.98 Å². The second-order valence-electron chi connectivity index (χ2n) is 6.32. The van der Waals surface area contributed by atoms with Gasteiger partial charge in [-0.3, -0.25) is 9.59 Å². The van der Waals surface area contributed by atoms with Crippen molar-refractivity contribution < 1.29 is 19.1 Å². The number of aromatic nitrogens is 1. The van der Waals surface area contributed by atoms with Crippen LogP contribution in [0, 0.1) is 0 Å². The highest BCUT2D eigenvalue weighted by atomic mass is 32.1. The van der Waals surface area contributed by atoms with Crippen molar-refractivity contribution in [3.63, 3.8) is 0 Å². The summed E-state index contributed by atoms with van der Waals surface area (Å²) < 4.78 is 10.6. The Balaban J connectivity index is 1.60. The van der Waals surface area contributed by atoms with Gasteiger partial charge >= 0.3 is 0 Å². The molecule has 0 saturated heterocycles. The number of benzene rings is 2. The smallest absolute Gasteiger partial charge is 0.230 e. The number of methoxy groups -OCH3 is 2. The molecule has 8 nitrogen and oxygen atoms in total. The van der Waals surface area contributed by atoms with Crippen molar-refractivity contribution in [2.24, 2.45) is 0 Å². The van der Waals surface area contributed by atoms with Gasteiger partial charge in [-0.2, -0.15) is 0 Å². The van der Waals surface area contributed by atoms with E-state index in [-0.39, 0.29) is 18.2 Å². The second kappa shape index (κ2) is 9.75. The van der Waals surface area contributed by atoms with Crippen molar-refractivity contribution in [3.05, 3.63) is 53.5 Å². The van der Waals surface area contributed by atoms with Crippen LogP contribution in [0.25, 0.3) is 0 Å². The van der Waals surface area contributed by atoms with Gasteiger partial charge in [0.25, 0.3) is 0 Å². The second-order valence-corrected chi connectivity index (χ2v) is 7.18. The van der Waals surface area contributed by atoms with Crippen LogP contribution in [0.5, 0.6) is 11.5 Å². The van der Waals surface area contributed by atoms with Crippen molar-refractivity contribution in [3.8, 4) is 11.5 Å². The standard InChI is InChI=1S/C21H22N4O4S/c1-13(26)22-14-4-6-15(7-5-14)23-20(27)10-16-12-30-21(24-16)25-18-11-17(28-2)8-9-19(18)29-3/h4-9,11-12H,10H2,1-3H3,(H,22,26)(H,23,27)(H,24,25). The summed E-state index contributed by atoms with van der Waals surface area (Å²) in [5, 5.41) is 11.2. The Morgan fingerprint density at radius 2 is 1.70 bits per heavy atom. The summed E-state index contributed by atoms with van der Waals surface area (Å²) in [6, 6.07) is 12.3. The molecule has 2 amide bonds. The van der Waals surface area contributed by atoms with E-state index in [1.54, 1.807) is 44.6 Å². The number of ether oxygens (including phenoxy) is 2. The molecule has 1 aromatic heterocycles. The number of nitrogens with one attached hydrogen (secondary N) is 3. The molecule has 0 spiro atoms. The van der Waals surface area contributed by atoms with E-state index in [2.05, 4.69) is 20.9 Å². The minimum Gasteiger partial charge on any atom is -0.497 e. The lowest BCUT2D eigenvalue weighted by atomic mass is 10.2. The van der Waals surface area contributed by atoms with Crippen LogP contribution in [0.1, 0.15) is 12.6 Å². The molecule has 0 bridgehead atoms. The minimum atomic E-state index is -0.182. The highest BCUT2D eigenvalue weighted by Gasteiger charge is 2.11. The molecular formula is C21H22N4O4S. The van der Waals surface area contributed by atoms with Gasteiger partial charge in [-0.05, 0) is 36.4 Å². The molecule has 0 aliphatic heterocycles. The van der Waals surface area contributed by atoms with Crippen LogP contribution in [0.3, 0.4) is 0 Å². The molecule has 0 aliphatic carbocycles. The van der Waals surface area contributed by atoms with E-state index in [9.17, 15) is 9.59 Å². The van der Waals surface area contributed by atoms with E-state index >= 15 is 0 Å². The summed E-state index contributed by atoms with van der Waals surface area (Å²) >= 11 is 1.39. The van der Waals surface area contributed by atoms with E-state index in [4.69, 9.17) is 9.47 Å². The van der Waals surface area contributed by atoms with E-state index in [0.29, 0.717) is 33.7 Å². The largest absolute Gasteiger partial charge is 0.497 e. The molecule has 3 N–H and O–H groups in total. The van der Waals surface area contributed by atoms with Crippen LogP contribution in [-0.4, -0.2) is 31.0 Å². The molecule has 0 fully saturated rings. The number of thiazole rings is 1. The van der Waals surface area contributed by atoms with Crippen molar-refractivity contribution in [1.82, 2.24) is 4.98 Å². The number of hydrogen-bond donors (Lipinski definition) is 3. The molecule has 1 heterocycles. The Bertz CT molecular complexity index is 1030. The van der Waals surface area contributed by atoms with Crippen molar-refractivity contribution in [1.29, 1.82) is 0 Å².